The monoisotopic (exact) mass is 389 g/mol. The highest BCUT2D eigenvalue weighted by Crippen LogP contribution is 2.30. The smallest absolute Gasteiger partial charge is 0.263 e. The van der Waals surface area contributed by atoms with E-state index in [4.69, 9.17) is 0 Å². The Labute approximate surface area is 163 Å². The van der Waals surface area contributed by atoms with E-state index in [1.807, 2.05) is 12.3 Å². The van der Waals surface area contributed by atoms with Gasteiger partial charge in [-0.15, -0.1) is 11.3 Å². The van der Waals surface area contributed by atoms with Gasteiger partial charge in [0.1, 0.15) is 9.88 Å². The zero-order valence-electron chi connectivity index (χ0n) is 15.4. The number of thiazole rings is 1. The predicted octanol–water partition coefficient (Wildman–Crippen LogP) is 4.71. The number of nitrogens with zero attached hydrogens (tertiary/aromatic N) is 2. The number of aryl methyl sites for hydroxylation is 1. The summed E-state index contributed by atoms with van der Waals surface area (Å²) in [6.45, 7) is 4.07. The number of aromatic nitrogens is 1. The number of rotatable bonds is 4. The van der Waals surface area contributed by atoms with Gasteiger partial charge in [-0.2, -0.15) is 11.3 Å². The van der Waals surface area contributed by atoms with Crippen molar-refractivity contribution in [1.82, 2.24) is 15.2 Å². The van der Waals surface area contributed by atoms with E-state index in [0.717, 1.165) is 46.7 Å². The Morgan fingerprint density at radius 1 is 1.23 bits per heavy atom. The summed E-state index contributed by atoms with van der Waals surface area (Å²) in [6.07, 6.45) is 9.24. The SMILES string of the molecule is Cc1nc(-c2ccsc2)sc1C(=O)NC1CCN(C2CCCCCC2)C1. The van der Waals surface area contributed by atoms with Gasteiger partial charge < -0.3 is 5.32 Å². The van der Waals surface area contributed by atoms with E-state index in [9.17, 15) is 4.79 Å². The van der Waals surface area contributed by atoms with Crippen molar-refractivity contribution in [2.24, 2.45) is 0 Å². The van der Waals surface area contributed by atoms with E-state index in [-0.39, 0.29) is 11.9 Å². The lowest BCUT2D eigenvalue weighted by molar-refractivity contribution is 0.0939. The van der Waals surface area contributed by atoms with Crippen LogP contribution in [0.15, 0.2) is 16.8 Å². The van der Waals surface area contributed by atoms with Gasteiger partial charge in [0.2, 0.25) is 0 Å². The molecule has 1 N–H and O–H groups in total. The Balaban J connectivity index is 1.37. The molecule has 0 bridgehead atoms. The van der Waals surface area contributed by atoms with Gasteiger partial charge in [-0.1, -0.05) is 25.7 Å². The molecule has 2 aliphatic rings. The molecule has 2 fully saturated rings. The number of likely N-dealkylation sites (tertiary alicyclic amines) is 1. The zero-order chi connectivity index (χ0) is 17.9. The average Bonchev–Trinajstić information content (AvgIpc) is 3.34. The lowest BCUT2D eigenvalue weighted by atomic mass is 10.1. The van der Waals surface area contributed by atoms with Crippen molar-refractivity contribution in [3.63, 3.8) is 0 Å². The topological polar surface area (TPSA) is 45.2 Å². The molecule has 140 valence electrons. The van der Waals surface area contributed by atoms with Gasteiger partial charge in [-0.05, 0) is 37.6 Å². The van der Waals surface area contributed by atoms with E-state index >= 15 is 0 Å². The van der Waals surface area contributed by atoms with Crippen LogP contribution in [0.5, 0.6) is 0 Å². The maximum Gasteiger partial charge on any atom is 0.263 e. The predicted molar refractivity (Wildman–Crippen MR) is 109 cm³/mol. The van der Waals surface area contributed by atoms with E-state index in [1.165, 1.54) is 49.9 Å². The number of carbonyl (C=O) groups is 1. The van der Waals surface area contributed by atoms with Crippen LogP contribution in [0, 0.1) is 6.92 Å². The van der Waals surface area contributed by atoms with Crippen LogP contribution in [-0.4, -0.2) is 41.0 Å². The van der Waals surface area contributed by atoms with E-state index < -0.39 is 0 Å². The molecular weight excluding hydrogens is 362 g/mol. The molecule has 0 radical (unpaired) electrons. The molecule has 0 aromatic carbocycles. The molecule has 1 amide bonds. The van der Waals surface area contributed by atoms with Crippen LogP contribution in [0.2, 0.25) is 0 Å². The largest absolute Gasteiger partial charge is 0.347 e. The van der Waals surface area contributed by atoms with Crippen molar-refractivity contribution < 1.29 is 4.79 Å². The third-order valence-corrected chi connectivity index (χ3v) is 7.56. The number of hydrogen-bond acceptors (Lipinski definition) is 5. The fourth-order valence-electron chi connectivity index (χ4n) is 4.23. The first kappa shape index (κ1) is 18.1. The molecule has 26 heavy (non-hydrogen) atoms. The zero-order valence-corrected chi connectivity index (χ0v) is 17.0. The summed E-state index contributed by atoms with van der Waals surface area (Å²) < 4.78 is 0. The summed E-state index contributed by atoms with van der Waals surface area (Å²) in [5, 5.41) is 8.35. The maximum absolute atomic E-state index is 12.8. The summed E-state index contributed by atoms with van der Waals surface area (Å²) in [4.78, 5) is 20.8. The van der Waals surface area contributed by atoms with Crippen molar-refractivity contribution >= 4 is 28.6 Å². The first-order valence-corrected chi connectivity index (χ1v) is 11.5. The number of nitrogens with one attached hydrogen (secondary N) is 1. The maximum atomic E-state index is 12.8. The molecule has 1 atom stereocenters. The molecule has 4 nitrogen and oxygen atoms in total. The Bertz CT molecular complexity index is 732. The highest BCUT2D eigenvalue weighted by Gasteiger charge is 2.30. The van der Waals surface area contributed by atoms with Crippen LogP contribution >= 0.6 is 22.7 Å². The van der Waals surface area contributed by atoms with Crippen molar-refractivity contribution in [2.45, 2.75) is 64.0 Å². The summed E-state index contributed by atoms with van der Waals surface area (Å²) in [6, 6.07) is 3.07. The Morgan fingerprint density at radius 3 is 2.77 bits per heavy atom. The number of amides is 1. The third kappa shape index (κ3) is 4.02. The molecule has 1 unspecified atom stereocenters. The minimum Gasteiger partial charge on any atom is -0.347 e. The summed E-state index contributed by atoms with van der Waals surface area (Å²) in [7, 11) is 0. The second-order valence-electron chi connectivity index (χ2n) is 7.54. The van der Waals surface area contributed by atoms with E-state index in [1.54, 1.807) is 11.3 Å². The van der Waals surface area contributed by atoms with Crippen molar-refractivity contribution in [2.75, 3.05) is 13.1 Å². The van der Waals surface area contributed by atoms with Crippen LogP contribution in [0.4, 0.5) is 0 Å². The van der Waals surface area contributed by atoms with E-state index in [0.29, 0.717) is 0 Å². The summed E-state index contributed by atoms with van der Waals surface area (Å²) in [5.74, 6) is 0.0502. The first-order valence-electron chi connectivity index (χ1n) is 9.75. The van der Waals surface area contributed by atoms with Crippen molar-refractivity contribution in [3.8, 4) is 10.6 Å². The normalized spacial score (nSPS) is 22.4. The van der Waals surface area contributed by atoms with Gasteiger partial charge in [0.25, 0.3) is 5.91 Å². The molecule has 3 heterocycles. The van der Waals surface area contributed by atoms with Gasteiger partial charge in [-0.3, -0.25) is 9.69 Å². The first-order chi connectivity index (χ1) is 12.7. The molecule has 4 rings (SSSR count). The minimum absolute atomic E-state index is 0.0502. The molecule has 1 saturated carbocycles. The van der Waals surface area contributed by atoms with Crippen molar-refractivity contribution in [1.29, 1.82) is 0 Å². The summed E-state index contributed by atoms with van der Waals surface area (Å²) >= 11 is 3.17. The molecule has 1 aliphatic carbocycles. The minimum atomic E-state index is 0.0502. The number of carbonyl (C=O) groups excluding carboxylic acids is 1. The van der Waals surface area contributed by atoms with Gasteiger partial charge in [0.15, 0.2) is 0 Å². The van der Waals surface area contributed by atoms with Gasteiger partial charge in [0, 0.05) is 36.1 Å². The van der Waals surface area contributed by atoms with Gasteiger partial charge in [0.05, 0.1) is 5.69 Å². The standard InChI is InChI=1S/C20H27N3OS2/c1-14-18(26-20(21-14)15-9-11-25-13-15)19(24)22-16-8-10-23(12-16)17-6-4-2-3-5-7-17/h9,11,13,16-17H,2-8,10,12H2,1H3,(H,22,24). The molecule has 2 aromatic heterocycles. The van der Waals surface area contributed by atoms with Crippen LogP contribution < -0.4 is 5.32 Å². The van der Waals surface area contributed by atoms with Crippen LogP contribution in [0.25, 0.3) is 10.6 Å². The van der Waals surface area contributed by atoms with Crippen LogP contribution in [0.1, 0.15) is 60.3 Å². The van der Waals surface area contributed by atoms with E-state index in [2.05, 4.69) is 26.6 Å². The highest BCUT2D eigenvalue weighted by atomic mass is 32.1. The molecule has 1 aliphatic heterocycles. The number of thiophene rings is 1. The van der Waals surface area contributed by atoms with Gasteiger partial charge >= 0.3 is 0 Å². The Hall–Kier alpha value is -1.24. The lowest BCUT2D eigenvalue weighted by Gasteiger charge is -2.26. The Kier molecular flexibility index (Phi) is 5.72. The number of hydrogen-bond donors (Lipinski definition) is 1. The average molecular weight is 390 g/mol. The molecule has 6 heteroatoms. The van der Waals surface area contributed by atoms with Crippen molar-refractivity contribution in [3.05, 3.63) is 27.4 Å². The van der Waals surface area contributed by atoms with Crippen LogP contribution in [-0.2, 0) is 0 Å². The molecular formula is C20H27N3OS2. The summed E-state index contributed by atoms with van der Waals surface area (Å²) in [5.41, 5.74) is 1.95. The second kappa shape index (κ2) is 8.19. The fourth-order valence-corrected chi connectivity index (χ4v) is 5.91. The van der Waals surface area contributed by atoms with Crippen LogP contribution in [0.3, 0.4) is 0 Å². The molecule has 1 saturated heterocycles. The fraction of sp³-hybridized carbons (Fsp3) is 0.600. The second-order valence-corrected chi connectivity index (χ2v) is 9.32. The van der Waals surface area contributed by atoms with Gasteiger partial charge in [-0.25, -0.2) is 4.98 Å². The Morgan fingerprint density at radius 2 is 2.04 bits per heavy atom. The molecule has 2 aromatic rings. The highest BCUT2D eigenvalue weighted by molar-refractivity contribution is 7.17. The lowest BCUT2D eigenvalue weighted by Crippen LogP contribution is -2.39. The molecule has 0 spiro atoms. The third-order valence-electron chi connectivity index (χ3n) is 5.67. The quantitative estimate of drug-likeness (QED) is 0.771.